The third-order valence-corrected chi connectivity index (χ3v) is 4.74. The maximum Gasteiger partial charge on any atom is 0.139 e. The Bertz CT molecular complexity index is 303. The predicted octanol–water partition coefficient (Wildman–Crippen LogP) is 2.19. The number of carbonyl (C=O) groups is 1. The molecule has 3 atom stereocenters. The van der Waals surface area contributed by atoms with Crippen LogP contribution in [0.15, 0.2) is 0 Å². The SMILES string of the molecule is CC(C(=O)C1CCOC2(CCOC2)C1)C1CC1. The highest BCUT2D eigenvalue weighted by Gasteiger charge is 2.45. The average Bonchev–Trinajstić information content (AvgIpc) is 3.11. The molecule has 3 nitrogen and oxygen atoms in total. The number of ketones is 1. The molecule has 1 spiro atoms. The van der Waals surface area contributed by atoms with Gasteiger partial charge in [-0.2, -0.15) is 0 Å². The second-order valence-electron chi connectivity index (χ2n) is 6.05. The lowest BCUT2D eigenvalue weighted by Crippen LogP contribution is -2.43. The van der Waals surface area contributed by atoms with Gasteiger partial charge in [0.2, 0.25) is 0 Å². The van der Waals surface area contributed by atoms with Crippen LogP contribution in [0, 0.1) is 17.8 Å². The second-order valence-corrected chi connectivity index (χ2v) is 6.05. The van der Waals surface area contributed by atoms with E-state index >= 15 is 0 Å². The van der Waals surface area contributed by atoms with Crippen molar-refractivity contribution in [1.82, 2.24) is 0 Å². The van der Waals surface area contributed by atoms with Crippen molar-refractivity contribution in [3.63, 3.8) is 0 Å². The molecule has 3 unspecified atom stereocenters. The maximum absolute atomic E-state index is 12.4. The van der Waals surface area contributed by atoms with Crippen molar-refractivity contribution in [3.05, 3.63) is 0 Å². The van der Waals surface area contributed by atoms with E-state index in [1.165, 1.54) is 12.8 Å². The smallest absolute Gasteiger partial charge is 0.139 e. The minimum atomic E-state index is -0.123. The number of rotatable bonds is 3. The first-order chi connectivity index (χ1) is 8.20. The van der Waals surface area contributed by atoms with Crippen molar-refractivity contribution in [2.45, 2.75) is 44.6 Å². The monoisotopic (exact) mass is 238 g/mol. The minimum Gasteiger partial charge on any atom is -0.378 e. The van der Waals surface area contributed by atoms with Crippen molar-refractivity contribution in [1.29, 1.82) is 0 Å². The maximum atomic E-state index is 12.4. The topological polar surface area (TPSA) is 35.5 Å². The van der Waals surface area contributed by atoms with Crippen LogP contribution in [-0.2, 0) is 14.3 Å². The molecule has 0 radical (unpaired) electrons. The average molecular weight is 238 g/mol. The number of Topliss-reactive ketones (excluding diaryl/α,β-unsaturated/α-hetero) is 1. The molecule has 0 aromatic heterocycles. The fraction of sp³-hybridized carbons (Fsp3) is 0.929. The Kier molecular flexibility index (Phi) is 2.99. The molecule has 1 saturated carbocycles. The molecule has 0 N–H and O–H groups in total. The molecule has 1 aliphatic carbocycles. The summed E-state index contributed by atoms with van der Waals surface area (Å²) in [6, 6.07) is 0. The third-order valence-electron chi connectivity index (χ3n) is 4.74. The zero-order chi connectivity index (χ0) is 11.9. The summed E-state index contributed by atoms with van der Waals surface area (Å²) in [6.07, 6.45) is 5.28. The van der Waals surface area contributed by atoms with E-state index in [1.54, 1.807) is 0 Å². The van der Waals surface area contributed by atoms with E-state index in [0.717, 1.165) is 32.5 Å². The highest BCUT2D eigenvalue weighted by Crippen LogP contribution is 2.42. The molecule has 3 rings (SSSR count). The van der Waals surface area contributed by atoms with Gasteiger partial charge in [-0.3, -0.25) is 4.79 Å². The van der Waals surface area contributed by atoms with Gasteiger partial charge in [-0.1, -0.05) is 6.92 Å². The van der Waals surface area contributed by atoms with Gasteiger partial charge in [0.05, 0.1) is 12.2 Å². The molecule has 0 aromatic rings. The number of carbonyl (C=O) groups excluding carboxylic acids is 1. The van der Waals surface area contributed by atoms with Gasteiger partial charge in [-0.05, 0) is 31.6 Å². The molecule has 0 amide bonds. The van der Waals surface area contributed by atoms with Crippen molar-refractivity contribution in [2.75, 3.05) is 19.8 Å². The molecule has 0 aromatic carbocycles. The van der Waals surface area contributed by atoms with Crippen molar-refractivity contribution in [3.8, 4) is 0 Å². The normalized spacial score (nSPS) is 39.5. The Morgan fingerprint density at radius 2 is 2.12 bits per heavy atom. The first kappa shape index (κ1) is 11.7. The molecule has 2 saturated heterocycles. The largest absolute Gasteiger partial charge is 0.378 e. The number of hydrogen-bond donors (Lipinski definition) is 0. The van der Waals surface area contributed by atoms with Gasteiger partial charge >= 0.3 is 0 Å². The number of ether oxygens (including phenoxy) is 2. The molecular weight excluding hydrogens is 216 g/mol. The van der Waals surface area contributed by atoms with Gasteiger partial charge in [0.1, 0.15) is 5.78 Å². The van der Waals surface area contributed by atoms with Gasteiger partial charge in [-0.25, -0.2) is 0 Å². The zero-order valence-electron chi connectivity index (χ0n) is 10.6. The Balaban J connectivity index is 1.64. The van der Waals surface area contributed by atoms with Gasteiger partial charge in [-0.15, -0.1) is 0 Å². The highest BCUT2D eigenvalue weighted by molar-refractivity contribution is 5.83. The highest BCUT2D eigenvalue weighted by atomic mass is 16.6. The van der Waals surface area contributed by atoms with Gasteiger partial charge in [0, 0.05) is 31.5 Å². The Morgan fingerprint density at radius 3 is 2.76 bits per heavy atom. The number of hydrogen-bond acceptors (Lipinski definition) is 3. The molecule has 3 fully saturated rings. The Morgan fingerprint density at radius 1 is 1.29 bits per heavy atom. The van der Waals surface area contributed by atoms with E-state index in [-0.39, 0.29) is 17.4 Å². The van der Waals surface area contributed by atoms with E-state index in [4.69, 9.17) is 9.47 Å². The summed E-state index contributed by atoms with van der Waals surface area (Å²) in [5.74, 6) is 1.67. The van der Waals surface area contributed by atoms with Crippen molar-refractivity contribution < 1.29 is 14.3 Å². The molecule has 17 heavy (non-hydrogen) atoms. The summed E-state index contributed by atoms with van der Waals surface area (Å²) in [6.45, 7) is 4.33. The second kappa shape index (κ2) is 4.36. The Hall–Kier alpha value is -0.410. The van der Waals surface area contributed by atoms with Crippen LogP contribution >= 0.6 is 0 Å². The van der Waals surface area contributed by atoms with E-state index < -0.39 is 0 Å². The van der Waals surface area contributed by atoms with Crippen LogP contribution in [0.2, 0.25) is 0 Å². The van der Waals surface area contributed by atoms with E-state index in [0.29, 0.717) is 18.3 Å². The zero-order valence-corrected chi connectivity index (χ0v) is 10.6. The summed E-state index contributed by atoms with van der Waals surface area (Å²) in [7, 11) is 0. The molecule has 0 bridgehead atoms. The molecule has 3 heteroatoms. The standard InChI is InChI=1S/C14H22O3/c1-10(11-2-3-11)13(15)12-4-6-17-14(8-12)5-7-16-9-14/h10-12H,2-9H2,1H3. The Labute approximate surface area is 103 Å². The molecule has 3 aliphatic rings. The quantitative estimate of drug-likeness (QED) is 0.756. The summed E-state index contributed by atoms with van der Waals surface area (Å²) in [5.41, 5.74) is -0.123. The fourth-order valence-electron chi connectivity index (χ4n) is 3.33. The van der Waals surface area contributed by atoms with Crippen LogP contribution in [0.4, 0.5) is 0 Å². The van der Waals surface area contributed by atoms with Crippen molar-refractivity contribution >= 4 is 5.78 Å². The van der Waals surface area contributed by atoms with Crippen LogP contribution in [0.1, 0.15) is 39.0 Å². The lowest BCUT2D eigenvalue weighted by molar-refractivity contribution is -0.140. The van der Waals surface area contributed by atoms with Crippen LogP contribution in [-0.4, -0.2) is 31.2 Å². The first-order valence-electron chi connectivity index (χ1n) is 6.96. The third kappa shape index (κ3) is 2.27. The summed E-state index contributed by atoms with van der Waals surface area (Å²) in [5, 5.41) is 0. The summed E-state index contributed by atoms with van der Waals surface area (Å²) in [4.78, 5) is 12.4. The summed E-state index contributed by atoms with van der Waals surface area (Å²) < 4.78 is 11.3. The van der Waals surface area contributed by atoms with Crippen LogP contribution in [0.5, 0.6) is 0 Å². The van der Waals surface area contributed by atoms with E-state index in [2.05, 4.69) is 6.92 Å². The minimum absolute atomic E-state index is 0.123. The molecular formula is C14H22O3. The van der Waals surface area contributed by atoms with Crippen LogP contribution < -0.4 is 0 Å². The molecule has 96 valence electrons. The lowest BCUT2D eigenvalue weighted by atomic mass is 9.79. The van der Waals surface area contributed by atoms with Gasteiger partial charge in [0.15, 0.2) is 0 Å². The van der Waals surface area contributed by atoms with Crippen LogP contribution in [0.3, 0.4) is 0 Å². The lowest BCUT2D eigenvalue weighted by Gasteiger charge is -2.37. The molecule has 2 heterocycles. The van der Waals surface area contributed by atoms with Gasteiger partial charge in [0.25, 0.3) is 0 Å². The fourth-order valence-corrected chi connectivity index (χ4v) is 3.33. The van der Waals surface area contributed by atoms with E-state index in [9.17, 15) is 4.79 Å². The van der Waals surface area contributed by atoms with Crippen LogP contribution in [0.25, 0.3) is 0 Å². The van der Waals surface area contributed by atoms with E-state index in [1.807, 2.05) is 0 Å². The molecule has 2 aliphatic heterocycles. The predicted molar refractivity (Wildman–Crippen MR) is 63.7 cm³/mol. The van der Waals surface area contributed by atoms with Crippen molar-refractivity contribution in [2.24, 2.45) is 17.8 Å². The summed E-state index contributed by atoms with van der Waals surface area (Å²) >= 11 is 0. The first-order valence-corrected chi connectivity index (χ1v) is 6.96. The van der Waals surface area contributed by atoms with Gasteiger partial charge < -0.3 is 9.47 Å².